The fourth-order valence-electron chi connectivity index (χ4n) is 1.89. The van der Waals surface area contributed by atoms with Gasteiger partial charge in [-0.1, -0.05) is 13.3 Å². The van der Waals surface area contributed by atoms with E-state index in [1.807, 2.05) is 31.3 Å². The highest BCUT2D eigenvalue weighted by Crippen LogP contribution is 2.19. The van der Waals surface area contributed by atoms with E-state index >= 15 is 0 Å². The Morgan fingerprint density at radius 2 is 2.05 bits per heavy atom. The van der Waals surface area contributed by atoms with Crippen LogP contribution in [0.2, 0.25) is 0 Å². The van der Waals surface area contributed by atoms with Gasteiger partial charge in [0.05, 0.1) is 6.61 Å². The average Bonchev–Trinajstić information content (AvgIpc) is 2.54. The molecule has 116 valence electrons. The van der Waals surface area contributed by atoms with E-state index in [9.17, 15) is 9.59 Å². The lowest BCUT2D eigenvalue weighted by Crippen LogP contribution is -2.41. The number of morpholine rings is 1. The summed E-state index contributed by atoms with van der Waals surface area (Å²) in [7, 11) is 1.87. The number of ether oxygens (including phenoxy) is 1. The molecule has 1 aliphatic rings. The van der Waals surface area contributed by atoms with E-state index in [0.717, 1.165) is 36.9 Å². The molecule has 0 radical (unpaired) electrons. The zero-order valence-electron chi connectivity index (χ0n) is 12.8. The Labute approximate surface area is 126 Å². The van der Waals surface area contributed by atoms with E-state index in [1.165, 1.54) is 0 Å². The van der Waals surface area contributed by atoms with Crippen LogP contribution in [-0.2, 0) is 14.3 Å². The van der Waals surface area contributed by atoms with Gasteiger partial charge in [0.1, 0.15) is 12.9 Å². The largest absolute Gasteiger partial charge is 0.388 e. The van der Waals surface area contributed by atoms with Crippen molar-refractivity contribution in [2.45, 2.75) is 26.2 Å². The van der Waals surface area contributed by atoms with Crippen LogP contribution in [0.5, 0.6) is 0 Å². The lowest BCUT2D eigenvalue weighted by atomic mass is 10.2. The SMILES string of the molecule is CCCCC=O.CNc1ccc(N2CCOCC2=O)cc1. The van der Waals surface area contributed by atoms with Gasteiger partial charge in [0.25, 0.3) is 5.91 Å². The highest BCUT2D eigenvalue weighted by molar-refractivity contribution is 5.94. The minimum absolute atomic E-state index is 0.0263. The molecule has 0 aliphatic carbocycles. The summed E-state index contributed by atoms with van der Waals surface area (Å²) in [5, 5.41) is 3.04. The molecule has 1 heterocycles. The van der Waals surface area contributed by atoms with E-state index in [-0.39, 0.29) is 12.5 Å². The Bertz CT molecular complexity index is 432. The van der Waals surface area contributed by atoms with Crippen LogP contribution in [0.4, 0.5) is 11.4 Å². The number of nitrogens with zero attached hydrogens (tertiary/aromatic N) is 1. The monoisotopic (exact) mass is 292 g/mol. The molecule has 1 N–H and O–H groups in total. The molecule has 0 atom stereocenters. The van der Waals surface area contributed by atoms with Gasteiger partial charge < -0.3 is 19.7 Å². The smallest absolute Gasteiger partial charge is 0.253 e. The van der Waals surface area contributed by atoms with Crippen molar-refractivity contribution in [2.75, 3.05) is 37.0 Å². The van der Waals surface area contributed by atoms with Crippen molar-refractivity contribution >= 4 is 23.6 Å². The van der Waals surface area contributed by atoms with E-state index in [4.69, 9.17) is 4.74 Å². The maximum atomic E-state index is 11.5. The molecule has 0 saturated carbocycles. The fourth-order valence-corrected chi connectivity index (χ4v) is 1.89. The van der Waals surface area contributed by atoms with Crippen molar-refractivity contribution in [1.29, 1.82) is 0 Å². The highest BCUT2D eigenvalue weighted by atomic mass is 16.5. The van der Waals surface area contributed by atoms with Crippen molar-refractivity contribution in [1.82, 2.24) is 0 Å². The fraction of sp³-hybridized carbons (Fsp3) is 0.500. The summed E-state index contributed by atoms with van der Waals surface area (Å²) < 4.78 is 5.07. The summed E-state index contributed by atoms with van der Waals surface area (Å²) in [5.41, 5.74) is 1.97. The zero-order chi connectivity index (χ0) is 15.5. The number of anilines is 2. The molecule has 1 aromatic rings. The van der Waals surface area contributed by atoms with Crippen molar-refractivity contribution in [3.05, 3.63) is 24.3 Å². The normalized spacial score (nSPS) is 14.2. The third-order valence-corrected chi connectivity index (χ3v) is 3.13. The topological polar surface area (TPSA) is 58.6 Å². The molecule has 1 fully saturated rings. The molecule has 1 saturated heterocycles. The molecule has 1 aromatic carbocycles. The van der Waals surface area contributed by atoms with Crippen LogP contribution in [0.1, 0.15) is 26.2 Å². The lowest BCUT2D eigenvalue weighted by Gasteiger charge is -2.26. The number of carbonyl (C=O) groups excluding carboxylic acids is 2. The number of hydrogen-bond donors (Lipinski definition) is 1. The first kappa shape index (κ1) is 17.2. The molecule has 5 nitrogen and oxygen atoms in total. The van der Waals surface area contributed by atoms with Crippen LogP contribution in [-0.4, -0.2) is 39.0 Å². The Morgan fingerprint density at radius 1 is 1.33 bits per heavy atom. The van der Waals surface area contributed by atoms with Gasteiger partial charge in [0.15, 0.2) is 0 Å². The molecule has 2 rings (SSSR count). The summed E-state index contributed by atoms with van der Waals surface area (Å²) in [6, 6.07) is 7.79. The molecule has 0 spiro atoms. The summed E-state index contributed by atoms with van der Waals surface area (Å²) in [4.78, 5) is 22.9. The van der Waals surface area contributed by atoms with Crippen LogP contribution in [0.25, 0.3) is 0 Å². The molecule has 0 unspecified atom stereocenters. The third kappa shape index (κ3) is 5.95. The predicted molar refractivity (Wildman–Crippen MR) is 84.7 cm³/mol. The van der Waals surface area contributed by atoms with Crippen LogP contribution in [0, 0.1) is 0 Å². The standard InChI is InChI=1S/C11H14N2O2.C5H10O/c1-12-9-2-4-10(5-3-9)13-6-7-15-8-11(13)14;1-2-3-4-5-6/h2-5,12H,6-8H2,1H3;5H,2-4H2,1H3. The number of benzene rings is 1. The van der Waals surface area contributed by atoms with Gasteiger partial charge >= 0.3 is 0 Å². The maximum absolute atomic E-state index is 11.5. The molecule has 0 aromatic heterocycles. The number of rotatable bonds is 5. The van der Waals surface area contributed by atoms with Crippen LogP contribution in [0.15, 0.2) is 24.3 Å². The number of hydrogen-bond acceptors (Lipinski definition) is 4. The molecule has 0 bridgehead atoms. The van der Waals surface area contributed by atoms with Gasteiger partial charge in [0, 0.05) is 31.4 Å². The number of unbranched alkanes of at least 4 members (excludes halogenated alkanes) is 2. The molecule has 21 heavy (non-hydrogen) atoms. The van der Waals surface area contributed by atoms with Crippen molar-refractivity contribution in [2.24, 2.45) is 0 Å². The molecule has 1 amide bonds. The van der Waals surface area contributed by atoms with Crippen LogP contribution < -0.4 is 10.2 Å². The summed E-state index contributed by atoms with van der Waals surface area (Å²) in [6.07, 6.45) is 3.86. The number of amides is 1. The minimum atomic E-state index is 0.0263. The van der Waals surface area contributed by atoms with Crippen molar-refractivity contribution in [3.8, 4) is 0 Å². The molecular weight excluding hydrogens is 268 g/mol. The van der Waals surface area contributed by atoms with Gasteiger partial charge in [-0.2, -0.15) is 0 Å². The predicted octanol–water partition coefficient (Wildman–Crippen LogP) is 2.47. The molecular formula is C16H24N2O3. The Balaban J connectivity index is 0.000000315. The number of carbonyl (C=O) groups is 2. The van der Waals surface area contributed by atoms with Crippen molar-refractivity contribution in [3.63, 3.8) is 0 Å². The van der Waals surface area contributed by atoms with E-state index in [1.54, 1.807) is 4.90 Å². The van der Waals surface area contributed by atoms with Gasteiger partial charge in [-0.25, -0.2) is 0 Å². The summed E-state index contributed by atoms with van der Waals surface area (Å²) in [5.74, 6) is 0.0263. The van der Waals surface area contributed by atoms with Gasteiger partial charge in [-0.3, -0.25) is 4.79 Å². The van der Waals surface area contributed by atoms with Crippen LogP contribution >= 0.6 is 0 Å². The number of nitrogens with one attached hydrogen (secondary N) is 1. The Kier molecular flexibility index (Phi) is 8.12. The van der Waals surface area contributed by atoms with E-state index < -0.39 is 0 Å². The second kappa shape index (κ2) is 9.94. The summed E-state index contributed by atoms with van der Waals surface area (Å²) in [6.45, 7) is 3.51. The van der Waals surface area contributed by atoms with Gasteiger partial charge in [-0.15, -0.1) is 0 Å². The van der Waals surface area contributed by atoms with Gasteiger partial charge in [0.2, 0.25) is 0 Å². The van der Waals surface area contributed by atoms with Gasteiger partial charge in [-0.05, 0) is 30.7 Å². The number of aldehydes is 1. The minimum Gasteiger partial charge on any atom is -0.388 e. The lowest BCUT2D eigenvalue weighted by molar-refractivity contribution is -0.125. The second-order valence-corrected chi connectivity index (χ2v) is 4.70. The quantitative estimate of drug-likeness (QED) is 0.669. The van der Waals surface area contributed by atoms with Crippen LogP contribution in [0.3, 0.4) is 0 Å². The average molecular weight is 292 g/mol. The first-order valence-electron chi connectivity index (χ1n) is 7.32. The Morgan fingerprint density at radius 3 is 2.52 bits per heavy atom. The first-order valence-corrected chi connectivity index (χ1v) is 7.32. The first-order chi connectivity index (χ1) is 10.2. The Hall–Kier alpha value is -1.88. The maximum Gasteiger partial charge on any atom is 0.253 e. The van der Waals surface area contributed by atoms with Crippen molar-refractivity contribution < 1.29 is 14.3 Å². The summed E-state index contributed by atoms with van der Waals surface area (Å²) >= 11 is 0. The zero-order valence-corrected chi connectivity index (χ0v) is 12.8. The third-order valence-electron chi connectivity index (χ3n) is 3.13. The van der Waals surface area contributed by atoms with E-state index in [0.29, 0.717) is 13.2 Å². The second-order valence-electron chi connectivity index (χ2n) is 4.70. The van der Waals surface area contributed by atoms with E-state index in [2.05, 4.69) is 12.2 Å². The molecule has 1 aliphatic heterocycles. The molecule has 5 heteroatoms. The highest BCUT2D eigenvalue weighted by Gasteiger charge is 2.19.